The van der Waals surface area contributed by atoms with Crippen LogP contribution in [0.25, 0.3) is 10.8 Å². The highest BCUT2D eigenvalue weighted by Gasteiger charge is 2.24. The molecular weight excluding hydrogens is 214 g/mol. The van der Waals surface area contributed by atoms with Crippen molar-refractivity contribution in [1.29, 1.82) is 0 Å². The maximum atomic E-state index is 11.0. The highest BCUT2D eigenvalue weighted by atomic mass is 16.4. The van der Waals surface area contributed by atoms with Crippen molar-refractivity contribution < 1.29 is 9.90 Å². The minimum Gasteiger partial charge on any atom is -0.480 e. The summed E-state index contributed by atoms with van der Waals surface area (Å²) in [6.07, 6.45) is 0.562. The molecule has 0 spiro atoms. The number of aliphatic carboxylic acids is 1. The first-order valence-electron chi connectivity index (χ1n) is 5.71. The van der Waals surface area contributed by atoms with Gasteiger partial charge >= 0.3 is 5.97 Å². The zero-order valence-electron chi connectivity index (χ0n) is 9.31. The molecule has 1 aliphatic rings. The van der Waals surface area contributed by atoms with Gasteiger partial charge in [0.25, 0.3) is 0 Å². The van der Waals surface area contributed by atoms with Gasteiger partial charge in [0, 0.05) is 6.54 Å². The van der Waals surface area contributed by atoms with E-state index in [4.69, 9.17) is 5.11 Å². The van der Waals surface area contributed by atoms with E-state index in [1.807, 2.05) is 12.1 Å². The predicted octanol–water partition coefficient (Wildman–Crippen LogP) is 1.94. The lowest BCUT2D eigenvalue weighted by Gasteiger charge is -2.24. The van der Waals surface area contributed by atoms with E-state index >= 15 is 0 Å². The van der Waals surface area contributed by atoms with E-state index in [0.717, 1.165) is 0 Å². The summed E-state index contributed by atoms with van der Waals surface area (Å²) < 4.78 is 0. The summed E-state index contributed by atoms with van der Waals surface area (Å²) in [5.74, 6) is -0.774. The average molecular weight is 227 g/mol. The van der Waals surface area contributed by atoms with Gasteiger partial charge in [-0.1, -0.05) is 36.4 Å². The summed E-state index contributed by atoms with van der Waals surface area (Å²) in [4.78, 5) is 11.0. The summed E-state index contributed by atoms with van der Waals surface area (Å²) in [6, 6.07) is 11.9. The van der Waals surface area contributed by atoms with Crippen LogP contribution in [0.4, 0.5) is 0 Å². The number of rotatable bonds is 1. The van der Waals surface area contributed by atoms with Crippen LogP contribution in [-0.2, 0) is 17.8 Å². The quantitative estimate of drug-likeness (QED) is 0.782. The smallest absolute Gasteiger partial charge is 0.321 e. The standard InChI is InChI=1S/C14H13NO2/c16-14(17)13-7-12-10(8-15-13)6-5-9-3-1-2-4-11(9)12/h1-6,13,15H,7-8H2,(H,16,17)/t13-/m0/s1. The molecule has 0 aliphatic carbocycles. The highest BCUT2D eigenvalue weighted by molar-refractivity contribution is 5.88. The Kier molecular flexibility index (Phi) is 2.34. The van der Waals surface area contributed by atoms with E-state index < -0.39 is 12.0 Å². The zero-order valence-corrected chi connectivity index (χ0v) is 9.31. The average Bonchev–Trinajstić information content (AvgIpc) is 2.38. The van der Waals surface area contributed by atoms with Crippen molar-refractivity contribution in [3.63, 3.8) is 0 Å². The van der Waals surface area contributed by atoms with Crippen LogP contribution < -0.4 is 5.32 Å². The molecule has 17 heavy (non-hydrogen) atoms. The Hall–Kier alpha value is -1.87. The molecule has 3 rings (SSSR count). The van der Waals surface area contributed by atoms with Gasteiger partial charge in [-0.2, -0.15) is 0 Å². The van der Waals surface area contributed by atoms with Crippen LogP contribution in [0, 0.1) is 0 Å². The number of fused-ring (bicyclic) bond motifs is 3. The van der Waals surface area contributed by atoms with E-state index in [-0.39, 0.29) is 0 Å². The Bertz CT molecular complexity index is 592. The summed E-state index contributed by atoms with van der Waals surface area (Å²) >= 11 is 0. The normalized spacial score (nSPS) is 18.9. The van der Waals surface area contributed by atoms with Crippen molar-refractivity contribution >= 4 is 16.7 Å². The molecule has 0 fully saturated rings. The number of nitrogens with one attached hydrogen (secondary N) is 1. The second-order valence-corrected chi connectivity index (χ2v) is 4.40. The molecule has 0 radical (unpaired) electrons. The molecule has 2 aromatic rings. The zero-order chi connectivity index (χ0) is 11.8. The van der Waals surface area contributed by atoms with E-state index in [0.29, 0.717) is 13.0 Å². The number of carboxylic acids is 1. The monoisotopic (exact) mass is 227 g/mol. The molecule has 1 heterocycles. The van der Waals surface area contributed by atoms with Crippen LogP contribution in [0.1, 0.15) is 11.1 Å². The van der Waals surface area contributed by atoms with Gasteiger partial charge in [0.1, 0.15) is 6.04 Å². The Balaban J connectivity index is 2.15. The number of benzene rings is 2. The first-order valence-corrected chi connectivity index (χ1v) is 5.71. The van der Waals surface area contributed by atoms with E-state index in [1.54, 1.807) is 0 Å². The van der Waals surface area contributed by atoms with Crippen LogP contribution in [0.5, 0.6) is 0 Å². The highest BCUT2D eigenvalue weighted by Crippen LogP contribution is 2.26. The molecule has 0 aromatic heterocycles. The van der Waals surface area contributed by atoms with Crippen molar-refractivity contribution in [1.82, 2.24) is 5.32 Å². The Labute approximate surface area is 99.1 Å². The molecule has 3 heteroatoms. The van der Waals surface area contributed by atoms with Crippen LogP contribution in [-0.4, -0.2) is 17.1 Å². The molecular formula is C14H13NO2. The lowest BCUT2D eigenvalue weighted by Crippen LogP contribution is -2.41. The maximum absolute atomic E-state index is 11.0. The van der Waals surface area contributed by atoms with Gasteiger partial charge in [0.2, 0.25) is 0 Å². The molecule has 0 saturated heterocycles. The van der Waals surface area contributed by atoms with Crippen LogP contribution in [0.3, 0.4) is 0 Å². The van der Waals surface area contributed by atoms with Gasteiger partial charge in [-0.15, -0.1) is 0 Å². The third-order valence-corrected chi connectivity index (χ3v) is 3.38. The Morgan fingerprint density at radius 2 is 2.06 bits per heavy atom. The number of hydrogen-bond donors (Lipinski definition) is 2. The number of hydrogen-bond acceptors (Lipinski definition) is 2. The van der Waals surface area contributed by atoms with Gasteiger partial charge in [0.05, 0.1) is 0 Å². The van der Waals surface area contributed by atoms with Crippen molar-refractivity contribution in [3.05, 3.63) is 47.5 Å². The number of carboxylic acid groups (broad SMARTS) is 1. The molecule has 3 nitrogen and oxygen atoms in total. The van der Waals surface area contributed by atoms with E-state index in [1.165, 1.54) is 21.9 Å². The van der Waals surface area contributed by atoms with E-state index in [2.05, 4.69) is 29.6 Å². The molecule has 1 atom stereocenters. The van der Waals surface area contributed by atoms with Gasteiger partial charge < -0.3 is 10.4 Å². The van der Waals surface area contributed by atoms with Crippen LogP contribution in [0.2, 0.25) is 0 Å². The first-order chi connectivity index (χ1) is 8.25. The van der Waals surface area contributed by atoms with Crippen LogP contribution in [0.15, 0.2) is 36.4 Å². The van der Waals surface area contributed by atoms with Gasteiger partial charge in [-0.05, 0) is 28.3 Å². The van der Waals surface area contributed by atoms with Gasteiger partial charge in [-0.25, -0.2) is 0 Å². The fourth-order valence-electron chi connectivity index (χ4n) is 2.47. The largest absolute Gasteiger partial charge is 0.480 e. The Morgan fingerprint density at radius 1 is 1.24 bits per heavy atom. The summed E-state index contributed by atoms with van der Waals surface area (Å²) in [5.41, 5.74) is 2.38. The van der Waals surface area contributed by atoms with Crippen molar-refractivity contribution in [2.24, 2.45) is 0 Å². The number of carbonyl (C=O) groups is 1. The molecule has 0 bridgehead atoms. The molecule has 0 unspecified atom stereocenters. The van der Waals surface area contributed by atoms with E-state index in [9.17, 15) is 4.79 Å². The summed E-state index contributed by atoms with van der Waals surface area (Å²) in [5, 5.41) is 14.5. The first kappa shape index (κ1) is 10.3. The third-order valence-electron chi connectivity index (χ3n) is 3.38. The SMILES string of the molecule is O=C(O)[C@@H]1Cc2c(ccc3ccccc23)CN1. The van der Waals surface area contributed by atoms with Crippen molar-refractivity contribution in [2.75, 3.05) is 0 Å². The lowest BCUT2D eigenvalue weighted by atomic mass is 9.91. The topological polar surface area (TPSA) is 49.3 Å². The molecule has 2 aromatic carbocycles. The third kappa shape index (κ3) is 1.68. The summed E-state index contributed by atoms with van der Waals surface area (Å²) in [7, 11) is 0. The summed E-state index contributed by atoms with van der Waals surface area (Å²) in [6.45, 7) is 0.636. The van der Waals surface area contributed by atoms with Crippen molar-refractivity contribution in [3.8, 4) is 0 Å². The van der Waals surface area contributed by atoms with Crippen LogP contribution >= 0.6 is 0 Å². The maximum Gasteiger partial charge on any atom is 0.321 e. The fraction of sp³-hybridized carbons (Fsp3) is 0.214. The predicted molar refractivity (Wildman–Crippen MR) is 65.9 cm³/mol. The fourth-order valence-corrected chi connectivity index (χ4v) is 2.47. The second kappa shape index (κ2) is 3.86. The Morgan fingerprint density at radius 3 is 2.88 bits per heavy atom. The molecule has 0 saturated carbocycles. The molecule has 0 amide bonds. The lowest BCUT2D eigenvalue weighted by molar-refractivity contribution is -0.139. The van der Waals surface area contributed by atoms with Crippen molar-refractivity contribution in [2.45, 2.75) is 19.0 Å². The van der Waals surface area contributed by atoms with Gasteiger partial charge in [-0.3, -0.25) is 4.79 Å². The van der Waals surface area contributed by atoms with Gasteiger partial charge in [0.15, 0.2) is 0 Å². The minimum atomic E-state index is -0.774. The molecule has 86 valence electrons. The molecule has 1 aliphatic heterocycles. The molecule has 2 N–H and O–H groups in total. The second-order valence-electron chi connectivity index (χ2n) is 4.40. The minimum absolute atomic E-state index is 0.465.